The summed E-state index contributed by atoms with van der Waals surface area (Å²) >= 11 is 0. The molecule has 0 N–H and O–H groups in total. The van der Waals surface area contributed by atoms with Gasteiger partial charge in [0.15, 0.2) is 6.10 Å². The van der Waals surface area contributed by atoms with Gasteiger partial charge in [-0.05, 0) is 83.5 Å². The fourth-order valence-corrected chi connectivity index (χ4v) is 7.66. The molecule has 64 heavy (non-hydrogen) atoms. The van der Waals surface area contributed by atoms with Gasteiger partial charge in [0.25, 0.3) is 0 Å². The molecule has 0 aliphatic carbocycles. The van der Waals surface area contributed by atoms with Gasteiger partial charge in [-0.15, -0.1) is 0 Å². The first-order chi connectivity index (χ1) is 31.5. The Bertz CT molecular complexity index is 1170. The highest BCUT2D eigenvalue weighted by Crippen LogP contribution is 2.15. The molecule has 0 aliphatic heterocycles. The van der Waals surface area contributed by atoms with Crippen LogP contribution in [0.15, 0.2) is 60.8 Å². The van der Waals surface area contributed by atoms with Gasteiger partial charge in [-0.2, -0.15) is 0 Å². The van der Waals surface area contributed by atoms with Gasteiger partial charge < -0.3 is 14.2 Å². The molecule has 0 fully saturated rings. The lowest BCUT2D eigenvalue weighted by Gasteiger charge is -2.18. The highest BCUT2D eigenvalue weighted by atomic mass is 16.6. The van der Waals surface area contributed by atoms with Crippen molar-refractivity contribution in [2.45, 2.75) is 277 Å². The van der Waals surface area contributed by atoms with Gasteiger partial charge >= 0.3 is 17.9 Å². The quantitative estimate of drug-likeness (QED) is 0.0262. The Morgan fingerprint density at radius 3 is 1.00 bits per heavy atom. The average Bonchev–Trinajstić information content (AvgIpc) is 3.29. The minimum atomic E-state index is -0.795. The minimum Gasteiger partial charge on any atom is -0.462 e. The molecule has 0 heterocycles. The van der Waals surface area contributed by atoms with E-state index >= 15 is 0 Å². The summed E-state index contributed by atoms with van der Waals surface area (Å²) in [5.41, 5.74) is 0. The molecule has 0 spiro atoms. The Balaban J connectivity index is 4.39. The second kappa shape index (κ2) is 52.7. The van der Waals surface area contributed by atoms with Crippen LogP contribution in [0.25, 0.3) is 0 Å². The van der Waals surface area contributed by atoms with Gasteiger partial charge in [-0.3, -0.25) is 14.4 Å². The van der Waals surface area contributed by atoms with Crippen molar-refractivity contribution in [1.29, 1.82) is 0 Å². The van der Waals surface area contributed by atoms with Crippen LogP contribution in [-0.4, -0.2) is 37.2 Å². The van der Waals surface area contributed by atoms with Gasteiger partial charge in [-0.25, -0.2) is 0 Å². The first-order valence-electron chi connectivity index (χ1n) is 27.3. The van der Waals surface area contributed by atoms with Crippen molar-refractivity contribution in [3.05, 3.63) is 60.8 Å². The van der Waals surface area contributed by atoms with Crippen LogP contribution in [0.1, 0.15) is 271 Å². The standard InChI is InChI=1S/C58H102O6/c1-4-7-10-13-16-19-22-25-27-28-29-30-32-33-36-39-42-45-48-51-57(60)63-54-55(53-62-56(59)50-47-44-41-38-35-24-21-18-15-12-9-6-3)64-58(61)52-49-46-43-40-37-34-31-26-23-20-17-14-11-8-5-2/h8,11,17,20,26,28-29,31,37,40,55H,4-7,9-10,12-16,18-19,21-25,27,30,32-36,38-39,41-54H2,1-3H3/b11-8-,20-17-,29-28-,31-26-,40-37-/t55-/m1/s1. The molecule has 0 radical (unpaired) electrons. The van der Waals surface area contributed by atoms with E-state index in [9.17, 15) is 14.4 Å². The van der Waals surface area contributed by atoms with Crippen LogP contribution in [-0.2, 0) is 28.6 Å². The molecule has 370 valence electrons. The van der Waals surface area contributed by atoms with Crippen LogP contribution in [0.2, 0.25) is 0 Å². The Morgan fingerprint density at radius 1 is 0.328 bits per heavy atom. The lowest BCUT2D eigenvalue weighted by Crippen LogP contribution is -2.30. The Hall–Kier alpha value is -2.89. The summed E-state index contributed by atoms with van der Waals surface area (Å²) in [4.78, 5) is 38.0. The molecule has 0 aliphatic rings. The molecule has 1 atom stereocenters. The maximum absolute atomic E-state index is 12.8. The van der Waals surface area contributed by atoms with Gasteiger partial charge in [0, 0.05) is 19.3 Å². The number of rotatable bonds is 49. The van der Waals surface area contributed by atoms with Crippen molar-refractivity contribution >= 4 is 17.9 Å². The van der Waals surface area contributed by atoms with Crippen LogP contribution in [0.4, 0.5) is 0 Å². The molecule has 0 bridgehead atoms. The van der Waals surface area contributed by atoms with Gasteiger partial charge in [-0.1, -0.05) is 229 Å². The number of esters is 3. The molecular formula is C58H102O6. The van der Waals surface area contributed by atoms with Crippen LogP contribution in [0, 0.1) is 0 Å². The summed E-state index contributed by atoms with van der Waals surface area (Å²) in [5, 5.41) is 0. The SMILES string of the molecule is CC/C=C\C/C=C\C/C=C\C/C=C\CCCCC(=O)O[C@@H](COC(=O)CCCCCCCCC/C=C\CCCCCCCCCC)COC(=O)CCCCCCCCCCCCCC. The predicted octanol–water partition coefficient (Wildman–Crippen LogP) is 18.0. The lowest BCUT2D eigenvalue weighted by atomic mass is 10.0. The fraction of sp³-hybridized carbons (Fsp3) is 0.776. The van der Waals surface area contributed by atoms with E-state index in [2.05, 4.69) is 81.5 Å². The van der Waals surface area contributed by atoms with Gasteiger partial charge in [0.2, 0.25) is 0 Å². The Morgan fingerprint density at radius 2 is 0.609 bits per heavy atom. The molecule has 0 saturated heterocycles. The largest absolute Gasteiger partial charge is 0.462 e. The van der Waals surface area contributed by atoms with Crippen LogP contribution >= 0.6 is 0 Å². The number of carbonyl (C=O) groups excluding carboxylic acids is 3. The maximum atomic E-state index is 12.8. The molecule has 0 aromatic rings. The smallest absolute Gasteiger partial charge is 0.306 e. The molecule has 6 heteroatoms. The molecule has 0 rings (SSSR count). The summed E-state index contributed by atoms with van der Waals surface area (Å²) < 4.78 is 16.8. The third kappa shape index (κ3) is 50.1. The van der Waals surface area contributed by atoms with Crippen molar-refractivity contribution in [3.8, 4) is 0 Å². The molecule has 0 aromatic carbocycles. The Labute approximate surface area is 396 Å². The number of allylic oxidation sites excluding steroid dienone is 10. The van der Waals surface area contributed by atoms with Crippen molar-refractivity contribution in [2.75, 3.05) is 13.2 Å². The second-order valence-electron chi connectivity index (χ2n) is 18.1. The zero-order chi connectivity index (χ0) is 46.5. The van der Waals surface area contributed by atoms with E-state index in [1.807, 2.05) is 0 Å². The van der Waals surface area contributed by atoms with Crippen molar-refractivity contribution in [2.24, 2.45) is 0 Å². The van der Waals surface area contributed by atoms with E-state index in [1.165, 1.54) is 148 Å². The van der Waals surface area contributed by atoms with E-state index < -0.39 is 6.10 Å². The summed E-state index contributed by atoms with van der Waals surface area (Å²) in [6.45, 7) is 6.50. The average molecular weight is 895 g/mol. The molecule has 0 unspecified atom stereocenters. The minimum absolute atomic E-state index is 0.0902. The number of hydrogen-bond donors (Lipinski definition) is 0. The first-order valence-corrected chi connectivity index (χ1v) is 27.3. The molecule has 6 nitrogen and oxygen atoms in total. The van der Waals surface area contributed by atoms with Gasteiger partial charge in [0.05, 0.1) is 0 Å². The lowest BCUT2D eigenvalue weighted by molar-refractivity contribution is -0.167. The summed E-state index contributed by atoms with van der Waals surface area (Å²) in [7, 11) is 0. The number of hydrogen-bond acceptors (Lipinski definition) is 6. The molecule has 0 saturated carbocycles. The van der Waals surface area contributed by atoms with Crippen molar-refractivity contribution in [3.63, 3.8) is 0 Å². The molecule has 0 aromatic heterocycles. The highest BCUT2D eigenvalue weighted by Gasteiger charge is 2.19. The molecular weight excluding hydrogens is 793 g/mol. The van der Waals surface area contributed by atoms with E-state index in [1.54, 1.807) is 0 Å². The van der Waals surface area contributed by atoms with Crippen molar-refractivity contribution < 1.29 is 28.6 Å². The second-order valence-corrected chi connectivity index (χ2v) is 18.1. The fourth-order valence-electron chi connectivity index (χ4n) is 7.66. The van der Waals surface area contributed by atoms with Crippen LogP contribution < -0.4 is 0 Å². The zero-order valence-corrected chi connectivity index (χ0v) is 42.3. The number of unbranched alkanes of at least 4 members (excludes halogenated alkanes) is 28. The number of ether oxygens (including phenoxy) is 3. The van der Waals surface area contributed by atoms with Gasteiger partial charge in [0.1, 0.15) is 13.2 Å². The number of carbonyl (C=O) groups is 3. The van der Waals surface area contributed by atoms with E-state index in [4.69, 9.17) is 14.2 Å². The first kappa shape index (κ1) is 61.1. The predicted molar refractivity (Wildman–Crippen MR) is 275 cm³/mol. The maximum Gasteiger partial charge on any atom is 0.306 e. The molecule has 0 amide bonds. The third-order valence-electron chi connectivity index (χ3n) is 11.8. The highest BCUT2D eigenvalue weighted by molar-refractivity contribution is 5.71. The summed E-state index contributed by atoms with van der Waals surface area (Å²) in [6, 6.07) is 0. The van der Waals surface area contributed by atoms with Crippen molar-refractivity contribution in [1.82, 2.24) is 0 Å². The van der Waals surface area contributed by atoms with E-state index in [0.717, 1.165) is 77.0 Å². The topological polar surface area (TPSA) is 78.9 Å². The van der Waals surface area contributed by atoms with E-state index in [-0.39, 0.29) is 37.5 Å². The van der Waals surface area contributed by atoms with Crippen LogP contribution in [0.3, 0.4) is 0 Å². The zero-order valence-electron chi connectivity index (χ0n) is 42.3. The monoisotopic (exact) mass is 895 g/mol. The van der Waals surface area contributed by atoms with E-state index in [0.29, 0.717) is 19.3 Å². The summed E-state index contributed by atoms with van der Waals surface area (Å²) in [5.74, 6) is -0.929. The third-order valence-corrected chi connectivity index (χ3v) is 11.8. The summed E-state index contributed by atoms with van der Waals surface area (Å²) in [6.07, 6.45) is 65.0. The normalized spacial score (nSPS) is 12.5. The Kier molecular flexibility index (Phi) is 50.4. The van der Waals surface area contributed by atoms with Crippen LogP contribution in [0.5, 0.6) is 0 Å².